The van der Waals surface area contributed by atoms with Crippen LogP contribution in [0, 0.1) is 6.92 Å². The summed E-state index contributed by atoms with van der Waals surface area (Å²) in [5, 5.41) is 3.89. The van der Waals surface area contributed by atoms with Gasteiger partial charge in [-0.25, -0.2) is 0 Å². The first-order valence-corrected chi connectivity index (χ1v) is 13.4. The summed E-state index contributed by atoms with van der Waals surface area (Å²) in [4.78, 5) is 28.6. The first-order valence-electron chi connectivity index (χ1n) is 12.6. The molecule has 0 aromatic heterocycles. The molecule has 1 N–H and O–H groups in total. The van der Waals surface area contributed by atoms with Crippen LogP contribution in [0.5, 0.6) is 5.75 Å². The number of benzene rings is 3. The van der Waals surface area contributed by atoms with Gasteiger partial charge in [0, 0.05) is 41.5 Å². The van der Waals surface area contributed by atoms with E-state index in [1.54, 1.807) is 23.1 Å². The Hall–Kier alpha value is -3.02. The first kappa shape index (κ1) is 28.5. The Labute approximate surface area is 229 Å². The lowest BCUT2D eigenvalue weighted by molar-refractivity contribution is -0.141. The van der Waals surface area contributed by atoms with Crippen molar-refractivity contribution in [3.63, 3.8) is 0 Å². The molecule has 0 aliphatic rings. The van der Waals surface area contributed by atoms with E-state index in [1.165, 1.54) is 0 Å². The van der Waals surface area contributed by atoms with Crippen molar-refractivity contribution < 1.29 is 14.3 Å². The maximum atomic E-state index is 13.6. The van der Waals surface area contributed by atoms with Crippen LogP contribution >= 0.6 is 23.2 Å². The minimum Gasteiger partial charge on any atom is -0.494 e. The molecule has 0 aliphatic carbocycles. The summed E-state index contributed by atoms with van der Waals surface area (Å²) < 4.78 is 5.81. The van der Waals surface area contributed by atoms with Crippen molar-refractivity contribution >= 4 is 35.0 Å². The number of carbonyl (C=O) groups excluding carboxylic acids is 2. The number of nitrogens with zero attached hydrogens (tertiary/aromatic N) is 1. The van der Waals surface area contributed by atoms with E-state index in [0.717, 1.165) is 23.3 Å². The van der Waals surface area contributed by atoms with E-state index < -0.39 is 6.04 Å². The molecular weight excluding hydrogens is 507 g/mol. The molecule has 0 fully saturated rings. The van der Waals surface area contributed by atoms with Gasteiger partial charge in [-0.3, -0.25) is 9.59 Å². The third-order valence-corrected chi connectivity index (χ3v) is 6.74. The third-order valence-electron chi connectivity index (χ3n) is 6.04. The molecule has 196 valence electrons. The Balaban J connectivity index is 1.82. The molecule has 0 radical (unpaired) electrons. The van der Waals surface area contributed by atoms with Gasteiger partial charge in [-0.05, 0) is 49.6 Å². The van der Waals surface area contributed by atoms with Crippen LogP contribution in [0.15, 0.2) is 72.8 Å². The molecule has 3 aromatic carbocycles. The second-order valence-corrected chi connectivity index (χ2v) is 9.80. The van der Waals surface area contributed by atoms with Crippen molar-refractivity contribution in [3.05, 3.63) is 99.5 Å². The number of hydrogen-bond acceptors (Lipinski definition) is 3. The Morgan fingerprint density at radius 3 is 2.27 bits per heavy atom. The second kappa shape index (κ2) is 14.7. The predicted octanol–water partition coefficient (Wildman–Crippen LogP) is 6.63. The highest BCUT2D eigenvalue weighted by molar-refractivity contribution is 6.36. The van der Waals surface area contributed by atoms with Crippen LogP contribution in [0.25, 0.3) is 0 Å². The lowest BCUT2D eigenvalue weighted by Crippen LogP contribution is -2.50. The maximum absolute atomic E-state index is 13.6. The van der Waals surface area contributed by atoms with Crippen LogP contribution in [-0.2, 0) is 22.6 Å². The monoisotopic (exact) mass is 540 g/mol. The number of hydrogen-bond donors (Lipinski definition) is 1. The highest BCUT2D eigenvalue weighted by Gasteiger charge is 2.31. The van der Waals surface area contributed by atoms with Gasteiger partial charge in [-0.1, -0.05) is 84.2 Å². The molecule has 0 aliphatic heterocycles. The highest BCUT2D eigenvalue weighted by Crippen LogP contribution is 2.27. The van der Waals surface area contributed by atoms with E-state index in [0.29, 0.717) is 41.6 Å². The molecule has 5 nitrogen and oxygen atoms in total. The number of rotatable bonds is 13. The van der Waals surface area contributed by atoms with Gasteiger partial charge in [0.15, 0.2) is 0 Å². The van der Waals surface area contributed by atoms with Gasteiger partial charge in [-0.15, -0.1) is 0 Å². The summed E-state index contributed by atoms with van der Waals surface area (Å²) in [6.45, 7) is 5.06. The summed E-state index contributed by atoms with van der Waals surface area (Å²) >= 11 is 12.9. The minimum absolute atomic E-state index is 0.132. The van der Waals surface area contributed by atoms with Crippen molar-refractivity contribution in [2.24, 2.45) is 0 Å². The van der Waals surface area contributed by atoms with Crippen LogP contribution in [0.3, 0.4) is 0 Å². The molecule has 1 atom stereocenters. The Bertz CT molecular complexity index is 1130. The second-order valence-electron chi connectivity index (χ2n) is 8.98. The topological polar surface area (TPSA) is 58.6 Å². The van der Waals surface area contributed by atoms with E-state index in [2.05, 4.69) is 5.32 Å². The molecule has 7 heteroatoms. The highest BCUT2D eigenvalue weighted by atomic mass is 35.5. The molecule has 0 saturated heterocycles. The average molecular weight is 542 g/mol. The largest absolute Gasteiger partial charge is 0.494 e. The summed E-state index contributed by atoms with van der Waals surface area (Å²) in [6.07, 6.45) is 1.91. The van der Waals surface area contributed by atoms with Crippen molar-refractivity contribution in [2.45, 2.75) is 52.1 Å². The van der Waals surface area contributed by atoms with Crippen LogP contribution in [0.1, 0.15) is 42.9 Å². The summed E-state index contributed by atoms with van der Waals surface area (Å²) in [5.74, 6) is 0.410. The zero-order valence-corrected chi connectivity index (χ0v) is 22.9. The number of nitrogens with one attached hydrogen (secondary N) is 1. The van der Waals surface area contributed by atoms with Gasteiger partial charge in [0.25, 0.3) is 0 Å². The van der Waals surface area contributed by atoms with Crippen molar-refractivity contribution in [1.29, 1.82) is 0 Å². The van der Waals surface area contributed by atoms with E-state index >= 15 is 0 Å². The summed E-state index contributed by atoms with van der Waals surface area (Å²) in [5.41, 5.74) is 2.74. The number of carbonyl (C=O) groups is 2. The SMILES string of the molecule is CCCNC(=O)C(Cc1ccccc1)N(Cc1c(Cl)cccc1Cl)C(=O)CCCOc1ccc(C)cc1. The number of aryl methyl sites for hydroxylation is 1. The lowest BCUT2D eigenvalue weighted by Gasteiger charge is -2.32. The van der Waals surface area contributed by atoms with Crippen LogP contribution in [0.2, 0.25) is 10.0 Å². The smallest absolute Gasteiger partial charge is 0.243 e. The third kappa shape index (κ3) is 8.80. The fraction of sp³-hybridized carbons (Fsp3) is 0.333. The molecule has 0 bridgehead atoms. The molecule has 3 aromatic rings. The van der Waals surface area contributed by atoms with Gasteiger partial charge in [0.2, 0.25) is 11.8 Å². The zero-order valence-electron chi connectivity index (χ0n) is 21.4. The Kier molecular flexibility index (Phi) is 11.3. The van der Waals surface area contributed by atoms with E-state index in [9.17, 15) is 9.59 Å². The number of amides is 2. The number of halogens is 2. The van der Waals surface area contributed by atoms with Crippen molar-refractivity contribution in [3.8, 4) is 5.75 Å². The van der Waals surface area contributed by atoms with Gasteiger partial charge >= 0.3 is 0 Å². The predicted molar refractivity (Wildman–Crippen MR) is 150 cm³/mol. The van der Waals surface area contributed by atoms with Gasteiger partial charge in [0.1, 0.15) is 11.8 Å². The molecule has 0 spiro atoms. The van der Waals surface area contributed by atoms with Gasteiger partial charge < -0.3 is 15.0 Å². The van der Waals surface area contributed by atoms with E-state index in [-0.39, 0.29) is 24.8 Å². The first-order chi connectivity index (χ1) is 17.9. The molecule has 3 rings (SSSR count). The van der Waals surface area contributed by atoms with E-state index in [4.69, 9.17) is 27.9 Å². The fourth-order valence-electron chi connectivity index (χ4n) is 3.97. The molecular formula is C30H34Cl2N2O3. The lowest BCUT2D eigenvalue weighted by atomic mass is 10.0. The van der Waals surface area contributed by atoms with Crippen molar-refractivity contribution in [2.75, 3.05) is 13.2 Å². The standard InChI is InChI=1S/C30H34Cl2N2O3/c1-3-18-33-30(36)28(20-23-9-5-4-6-10-23)34(21-25-26(31)11-7-12-27(25)32)29(35)13-8-19-37-24-16-14-22(2)15-17-24/h4-7,9-12,14-17,28H,3,8,13,18-21H2,1-2H3,(H,33,36). The van der Waals surface area contributed by atoms with E-state index in [1.807, 2.05) is 68.4 Å². The normalized spacial score (nSPS) is 11.6. The average Bonchev–Trinajstić information content (AvgIpc) is 2.90. The van der Waals surface area contributed by atoms with Crippen molar-refractivity contribution in [1.82, 2.24) is 10.2 Å². The number of ether oxygens (including phenoxy) is 1. The quantitative estimate of drug-likeness (QED) is 0.247. The van der Waals surface area contributed by atoms with Gasteiger partial charge in [-0.2, -0.15) is 0 Å². The summed E-state index contributed by atoms with van der Waals surface area (Å²) in [6, 6.07) is 22.0. The zero-order chi connectivity index (χ0) is 26.6. The fourth-order valence-corrected chi connectivity index (χ4v) is 4.48. The molecule has 1 unspecified atom stereocenters. The van der Waals surface area contributed by atoms with Gasteiger partial charge in [0.05, 0.1) is 6.61 Å². The van der Waals surface area contributed by atoms with Crippen LogP contribution < -0.4 is 10.1 Å². The maximum Gasteiger partial charge on any atom is 0.243 e. The Morgan fingerprint density at radius 2 is 1.62 bits per heavy atom. The molecule has 0 saturated carbocycles. The van der Waals surface area contributed by atoms with Crippen LogP contribution in [-0.4, -0.2) is 35.9 Å². The Morgan fingerprint density at radius 1 is 0.946 bits per heavy atom. The summed E-state index contributed by atoms with van der Waals surface area (Å²) in [7, 11) is 0. The molecule has 0 heterocycles. The van der Waals surface area contributed by atoms with Crippen LogP contribution in [0.4, 0.5) is 0 Å². The molecule has 37 heavy (non-hydrogen) atoms. The molecule has 2 amide bonds. The minimum atomic E-state index is -0.716.